The summed E-state index contributed by atoms with van der Waals surface area (Å²) in [5, 5.41) is 9.69. The van der Waals surface area contributed by atoms with Crippen molar-refractivity contribution in [2.75, 3.05) is 45.2 Å². The van der Waals surface area contributed by atoms with Gasteiger partial charge in [-0.05, 0) is 20.8 Å². The van der Waals surface area contributed by atoms with Crippen LogP contribution in [-0.4, -0.2) is 79.2 Å². The molecule has 3 heterocycles. The molecule has 0 N–H and O–H groups in total. The minimum atomic E-state index is -0.558. The lowest BCUT2D eigenvalue weighted by molar-refractivity contribution is 0.00973. The Labute approximate surface area is 165 Å². The number of nitriles is 1. The average molecular weight is 386 g/mol. The lowest BCUT2D eigenvalue weighted by Crippen LogP contribution is -2.57. The van der Waals surface area contributed by atoms with Crippen LogP contribution in [0.25, 0.3) is 0 Å². The van der Waals surface area contributed by atoms with E-state index >= 15 is 0 Å². The molecule has 0 spiro atoms. The van der Waals surface area contributed by atoms with Crippen molar-refractivity contribution in [3.05, 3.63) is 11.8 Å². The van der Waals surface area contributed by atoms with Crippen LogP contribution >= 0.6 is 0 Å². The molecule has 1 saturated heterocycles. The number of amides is 1. The minimum Gasteiger partial charge on any atom is -0.486 e. The van der Waals surface area contributed by atoms with Gasteiger partial charge in [-0.25, -0.2) is 14.8 Å². The molecule has 28 heavy (non-hydrogen) atoms. The molecule has 2 aliphatic heterocycles. The molecule has 0 aliphatic carbocycles. The smallest absolute Gasteiger partial charge is 0.410 e. The molecule has 3 rings (SSSR count). The molecule has 0 aromatic carbocycles. The van der Waals surface area contributed by atoms with Crippen LogP contribution < -0.4 is 9.64 Å². The quantitative estimate of drug-likeness (QED) is 0.567. The van der Waals surface area contributed by atoms with Gasteiger partial charge in [-0.15, -0.1) is 0 Å². The summed E-state index contributed by atoms with van der Waals surface area (Å²) in [4.78, 5) is 26.9. The molecule has 1 aromatic heterocycles. The van der Waals surface area contributed by atoms with Gasteiger partial charge in [0.2, 0.25) is 0 Å². The Morgan fingerprint density at radius 2 is 2.21 bits per heavy atom. The summed E-state index contributed by atoms with van der Waals surface area (Å²) in [5.41, 5.74) is 0.244. The van der Waals surface area contributed by atoms with E-state index in [4.69, 9.17) is 9.47 Å². The second-order valence-electron chi connectivity index (χ2n) is 8.08. The number of hydrogen-bond acceptors (Lipinski definition) is 7. The molecule has 2 bridgehead atoms. The Kier molecular flexibility index (Phi) is 5.31. The highest BCUT2D eigenvalue weighted by Crippen LogP contribution is 2.38. The van der Waals surface area contributed by atoms with Crippen molar-refractivity contribution in [3.63, 3.8) is 0 Å². The fraction of sp³-hybridized carbons (Fsp3) is 0.579. The summed E-state index contributed by atoms with van der Waals surface area (Å²) < 4.78 is 11.5. The first-order valence-corrected chi connectivity index (χ1v) is 9.20. The molecule has 0 radical (unpaired) electrons. The Bertz CT molecular complexity index is 824. The van der Waals surface area contributed by atoms with Crippen LogP contribution in [0.4, 0.5) is 16.3 Å². The van der Waals surface area contributed by atoms with Crippen LogP contribution in [0.3, 0.4) is 0 Å². The van der Waals surface area contributed by atoms with Gasteiger partial charge in [0.05, 0.1) is 18.6 Å². The van der Waals surface area contributed by atoms with Gasteiger partial charge in [0.25, 0.3) is 0 Å². The predicted octanol–water partition coefficient (Wildman–Crippen LogP) is 1.99. The zero-order chi connectivity index (χ0) is 20.5. The first-order chi connectivity index (χ1) is 13.2. The van der Waals surface area contributed by atoms with Crippen LogP contribution in [0.5, 0.6) is 5.75 Å². The molecule has 9 heteroatoms. The molecule has 150 valence electrons. The number of piperazine rings is 1. The van der Waals surface area contributed by atoms with E-state index < -0.39 is 5.60 Å². The molecular formula is C19H26N6O3. The van der Waals surface area contributed by atoms with Gasteiger partial charge in [-0.1, -0.05) is 0 Å². The Balaban J connectivity index is 1.88. The molecule has 0 saturated carbocycles. The van der Waals surface area contributed by atoms with Gasteiger partial charge in [0.1, 0.15) is 29.5 Å². The van der Waals surface area contributed by atoms with E-state index in [0.29, 0.717) is 42.5 Å². The van der Waals surface area contributed by atoms with Crippen molar-refractivity contribution >= 4 is 23.9 Å². The summed E-state index contributed by atoms with van der Waals surface area (Å²) >= 11 is 0. The van der Waals surface area contributed by atoms with Crippen LogP contribution in [0, 0.1) is 11.3 Å². The highest BCUT2D eigenvalue weighted by Gasteiger charge is 2.38. The van der Waals surface area contributed by atoms with Crippen molar-refractivity contribution < 1.29 is 14.3 Å². The van der Waals surface area contributed by atoms with Crippen molar-refractivity contribution in [2.45, 2.75) is 32.4 Å². The molecular weight excluding hydrogens is 360 g/mol. The fourth-order valence-electron chi connectivity index (χ4n) is 3.15. The zero-order valence-corrected chi connectivity index (χ0v) is 17.0. The summed E-state index contributed by atoms with van der Waals surface area (Å²) in [5.74, 6) is 1.04. The molecule has 1 amide bonds. The average Bonchev–Trinajstić information content (AvgIpc) is 2.75. The third-order valence-electron chi connectivity index (χ3n) is 4.37. The fourth-order valence-corrected chi connectivity index (χ4v) is 3.15. The van der Waals surface area contributed by atoms with E-state index in [9.17, 15) is 10.1 Å². The Hall–Kier alpha value is -3.02. The highest BCUT2D eigenvalue weighted by atomic mass is 16.6. The summed E-state index contributed by atoms with van der Waals surface area (Å²) in [6.45, 7) is 7.47. The Morgan fingerprint density at radius 1 is 1.46 bits per heavy atom. The maximum atomic E-state index is 12.6. The number of rotatable bonds is 2. The molecule has 2 aliphatic rings. The summed E-state index contributed by atoms with van der Waals surface area (Å²) in [7, 11) is 3.70. The third kappa shape index (κ3) is 4.11. The lowest BCUT2D eigenvalue weighted by Gasteiger charge is -2.39. The molecule has 0 unspecified atom stereocenters. The summed E-state index contributed by atoms with van der Waals surface area (Å²) in [6.07, 6.45) is 2.85. The normalized spacial score (nSPS) is 18.8. The van der Waals surface area contributed by atoms with Gasteiger partial charge in [-0.2, -0.15) is 5.26 Å². The van der Waals surface area contributed by atoms with Crippen LogP contribution in [0.2, 0.25) is 0 Å². The second kappa shape index (κ2) is 7.54. The van der Waals surface area contributed by atoms with Gasteiger partial charge >= 0.3 is 6.09 Å². The number of fused-ring (bicyclic) bond motifs is 4. The zero-order valence-electron chi connectivity index (χ0n) is 17.0. The topological polar surface area (TPSA) is 94.3 Å². The number of carbonyl (C=O) groups is 1. The first-order valence-electron chi connectivity index (χ1n) is 9.20. The number of hydrogen-bond donors (Lipinski definition) is 0. The second-order valence-corrected chi connectivity index (χ2v) is 8.08. The van der Waals surface area contributed by atoms with Crippen LogP contribution in [-0.2, 0) is 4.74 Å². The van der Waals surface area contributed by atoms with Gasteiger partial charge in [-0.3, -0.25) is 4.90 Å². The van der Waals surface area contributed by atoms with Crippen LogP contribution in [0.1, 0.15) is 26.3 Å². The van der Waals surface area contributed by atoms with E-state index in [-0.39, 0.29) is 18.7 Å². The maximum absolute atomic E-state index is 12.6. The highest BCUT2D eigenvalue weighted by molar-refractivity contribution is 5.74. The number of aliphatic imine (C=N–C) groups is 1. The van der Waals surface area contributed by atoms with E-state index in [0.717, 1.165) is 0 Å². The van der Waals surface area contributed by atoms with Crippen molar-refractivity contribution in [3.8, 4) is 11.8 Å². The summed E-state index contributed by atoms with van der Waals surface area (Å²) in [6, 6.07) is 2.01. The lowest BCUT2D eigenvalue weighted by atomic mass is 10.1. The van der Waals surface area contributed by atoms with E-state index in [1.165, 1.54) is 0 Å². The number of anilines is 1. The number of ether oxygens (including phenoxy) is 2. The van der Waals surface area contributed by atoms with Gasteiger partial charge in [0.15, 0.2) is 11.6 Å². The maximum Gasteiger partial charge on any atom is 0.410 e. The van der Waals surface area contributed by atoms with E-state index in [2.05, 4.69) is 16.0 Å². The SMILES string of the molecule is CN(C)C=Nc1cnc2c(c1C#N)OC[C@H]1CN2CCN1C(=O)OC(C)(C)C. The molecule has 1 fully saturated rings. The third-order valence-corrected chi connectivity index (χ3v) is 4.37. The first kappa shape index (κ1) is 19.7. The van der Waals surface area contributed by atoms with Crippen molar-refractivity contribution in [1.29, 1.82) is 5.26 Å². The van der Waals surface area contributed by atoms with Crippen molar-refractivity contribution in [2.24, 2.45) is 4.99 Å². The Morgan fingerprint density at radius 3 is 2.86 bits per heavy atom. The molecule has 9 nitrogen and oxygen atoms in total. The minimum absolute atomic E-state index is 0.182. The standard InChI is InChI=1S/C19H26N6O3/c1-19(2,3)28-18(26)25-7-6-24-10-13(25)11-27-16-14(8-20)15(9-21-17(16)24)22-12-23(4)5/h9,12-13H,6-7,10-11H2,1-5H3/t13-/m1/s1. The van der Waals surface area contributed by atoms with Gasteiger partial charge in [0, 0.05) is 33.7 Å². The molecule has 1 atom stereocenters. The number of pyridine rings is 1. The van der Waals surface area contributed by atoms with E-state index in [1.807, 2.05) is 39.8 Å². The number of aromatic nitrogens is 1. The number of nitrogens with zero attached hydrogens (tertiary/aromatic N) is 6. The van der Waals surface area contributed by atoms with Gasteiger partial charge < -0.3 is 19.3 Å². The largest absolute Gasteiger partial charge is 0.486 e. The van der Waals surface area contributed by atoms with E-state index in [1.54, 1.807) is 22.3 Å². The number of carbonyl (C=O) groups excluding carboxylic acids is 1. The molecule has 1 aromatic rings. The monoisotopic (exact) mass is 386 g/mol. The predicted molar refractivity (Wildman–Crippen MR) is 105 cm³/mol. The van der Waals surface area contributed by atoms with Crippen molar-refractivity contribution in [1.82, 2.24) is 14.8 Å². The van der Waals surface area contributed by atoms with Crippen LogP contribution in [0.15, 0.2) is 11.2 Å².